The summed E-state index contributed by atoms with van der Waals surface area (Å²) in [5.74, 6) is -3.55. The SMILES string of the molecule is C[C@H](NC(=O)c1c(NCc2ccc(C(F)(F)F)cc2)sc2c1CCOC2)c1ccc(C(=O)O)c(-c2ccc(Cc3sc4c(c3C(=O)N[C@H](C)c3ccc(C(=O)O)cc3)CCOC4)cc2C(F)(F)F)c1. The van der Waals surface area contributed by atoms with E-state index in [4.69, 9.17) is 9.47 Å². The van der Waals surface area contributed by atoms with E-state index in [1.165, 1.54) is 77.3 Å². The number of hydrogen-bond acceptors (Lipinski definition) is 9. The summed E-state index contributed by atoms with van der Waals surface area (Å²) in [6, 6.07) is 16.8. The van der Waals surface area contributed by atoms with Gasteiger partial charge in [-0.15, -0.1) is 22.7 Å². The molecule has 0 fully saturated rings. The van der Waals surface area contributed by atoms with Crippen molar-refractivity contribution in [3.8, 4) is 11.1 Å². The summed E-state index contributed by atoms with van der Waals surface area (Å²) in [4.78, 5) is 54.1. The van der Waals surface area contributed by atoms with Crippen molar-refractivity contribution in [3.63, 3.8) is 0 Å². The van der Waals surface area contributed by atoms with Gasteiger partial charge < -0.3 is 35.6 Å². The molecule has 19 heteroatoms. The van der Waals surface area contributed by atoms with Crippen LogP contribution in [0.2, 0.25) is 0 Å². The molecule has 4 aromatic carbocycles. The van der Waals surface area contributed by atoms with E-state index >= 15 is 13.2 Å². The summed E-state index contributed by atoms with van der Waals surface area (Å²) in [6.45, 7) is 4.59. The number of amides is 2. The van der Waals surface area contributed by atoms with Crippen LogP contribution in [0.5, 0.6) is 0 Å². The molecule has 6 aromatic rings. The first kappa shape index (κ1) is 48.9. The van der Waals surface area contributed by atoms with Crippen LogP contribution < -0.4 is 16.0 Å². The van der Waals surface area contributed by atoms with Crippen LogP contribution in [0.25, 0.3) is 11.1 Å². The molecule has 0 saturated carbocycles. The molecule has 2 aliphatic heterocycles. The number of carboxylic acids is 2. The largest absolute Gasteiger partial charge is 0.478 e. The number of anilines is 1. The molecule has 2 atom stereocenters. The average Bonchev–Trinajstić information content (AvgIpc) is 3.88. The number of ether oxygens (including phenoxy) is 2. The number of rotatable bonds is 14. The van der Waals surface area contributed by atoms with E-state index < -0.39 is 70.4 Å². The number of aromatic carboxylic acids is 2. The third-order valence-corrected chi connectivity index (χ3v) is 14.4. The number of hydrogen-bond donors (Lipinski definition) is 5. The van der Waals surface area contributed by atoms with Crippen molar-refractivity contribution < 1.29 is 65.2 Å². The molecule has 0 bridgehead atoms. The minimum atomic E-state index is -4.96. The van der Waals surface area contributed by atoms with Crippen molar-refractivity contribution in [1.29, 1.82) is 0 Å². The van der Waals surface area contributed by atoms with Gasteiger partial charge in [-0.25, -0.2) is 9.59 Å². The van der Waals surface area contributed by atoms with Gasteiger partial charge in [0, 0.05) is 27.6 Å². The van der Waals surface area contributed by atoms with Gasteiger partial charge in [0.25, 0.3) is 11.8 Å². The molecule has 0 unspecified atom stereocenters. The Hall–Kier alpha value is -6.54. The lowest BCUT2D eigenvalue weighted by atomic mass is 9.90. The van der Waals surface area contributed by atoms with Gasteiger partial charge in [-0.1, -0.05) is 42.5 Å². The Morgan fingerprint density at radius 2 is 1.23 bits per heavy atom. The smallest absolute Gasteiger partial charge is 0.417 e. The number of carbonyl (C=O) groups excluding carboxylic acids is 2. The Bertz CT molecular complexity index is 2950. The maximum Gasteiger partial charge on any atom is 0.417 e. The third kappa shape index (κ3) is 10.7. The predicted molar refractivity (Wildman–Crippen MR) is 246 cm³/mol. The lowest BCUT2D eigenvalue weighted by Gasteiger charge is -2.20. The molecular formula is C50H43F6N3O8S2. The standard InChI is InChI=1S/C50H43F6N3O8S2/c1-25(29-6-8-30(9-7-29)47(62)63)58-44(60)42-35-15-17-66-23-40(35)68-39(42)20-28-5-13-33(38(19-28)50(54,55)56)37-21-31(10-14-34(37)48(64)65)26(2)59-45(61)43-36-16-18-67-24-41(36)69-46(43)57-22-27-3-11-32(12-4-27)49(51,52)53/h3-14,19,21,25-26,57H,15-18,20,22-24H2,1-2H3,(H,58,60)(H,59,61)(H,62,63)(H,64,65)/t25-,26+/m1/s1. The molecule has 4 heterocycles. The van der Waals surface area contributed by atoms with Crippen LogP contribution in [-0.2, 0) is 60.8 Å². The van der Waals surface area contributed by atoms with Gasteiger partial charge in [0.05, 0.1) is 71.9 Å². The zero-order valence-corrected chi connectivity index (χ0v) is 38.5. The molecule has 0 radical (unpaired) electrons. The second-order valence-electron chi connectivity index (χ2n) is 16.6. The molecule has 2 aromatic heterocycles. The van der Waals surface area contributed by atoms with E-state index in [1.807, 2.05) is 0 Å². The Morgan fingerprint density at radius 3 is 1.84 bits per heavy atom. The topological polar surface area (TPSA) is 163 Å². The number of benzene rings is 4. The first-order valence-electron chi connectivity index (χ1n) is 21.6. The normalized spacial score (nSPS) is 14.6. The van der Waals surface area contributed by atoms with Crippen molar-refractivity contribution in [3.05, 3.63) is 166 Å². The highest BCUT2D eigenvalue weighted by atomic mass is 32.1. The molecule has 8 rings (SSSR count). The molecule has 360 valence electrons. The number of halogens is 6. The highest BCUT2D eigenvalue weighted by Gasteiger charge is 2.36. The van der Waals surface area contributed by atoms with Crippen LogP contribution in [-0.4, -0.2) is 47.2 Å². The molecule has 0 saturated heterocycles. The number of nitrogens with one attached hydrogen (secondary N) is 3. The fourth-order valence-electron chi connectivity index (χ4n) is 8.48. The number of fused-ring (bicyclic) bond motifs is 2. The predicted octanol–water partition coefficient (Wildman–Crippen LogP) is 11.2. The second-order valence-corrected chi connectivity index (χ2v) is 18.9. The fourth-order valence-corrected chi connectivity index (χ4v) is 11.0. The molecule has 0 spiro atoms. The van der Waals surface area contributed by atoms with Crippen LogP contribution >= 0.6 is 22.7 Å². The van der Waals surface area contributed by atoms with Crippen molar-refractivity contribution >= 4 is 51.4 Å². The monoisotopic (exact) mass is 991 g/mol. The zero-order valence-electron chi connectivity index (χ0n) is 36.8. The Kier molecular flexibility index (Phi) is 14.0. The third-order valence-electron chi connectivity index (χ3n) is 12.1. The molecule has 2 amide bonds. The van der Waals surface area contributed by atoms with Crippen molar-refractivity contribution in [2.75, 3.05) is 18.5 Å². The first-order chi connectivity index (χ1) is 32.8. The number of carboxylic acid groups (broad SMARTS) is 2. The molecule has 5 N–H and O–H groups in total. The van der Waals surface area contributed by atoms with E-state index in [1.54, 1.807) is 26.0 Å². The fraction of sp³-hybridized carbons (Fsp3) is 0.280. The average molecular weight is 992 g/mol. The van der Waals surface area contributed by atoms with E-state index in [0.717, 1.165) is 39.1 Å². The van der Waals surface area contributed by atoms with E-state index in [9.17, 15) is 42.6 Å². The van der Waals surface area contributed by atoms with Crippen LogP contribution in [0.4, 0.5) is 31.3 Å². The Morgan fingerprint density at radius 1 is 0.652 bits per heavy atom. The van der Waals surface area contributed by atoms with E-state index in [2.05, 4.69) is 16.0 Å². The first-order valence-corrected chi connectivity index (χ1v) is 23.3. The maximum atomic E-state index is 15.2. The number of thiophene rings is 2. The Labute approximate surface area is 399 Å². The summed E-state index contributed by atoms with van der Waals surface area (Å²) in [5.41, 5.74) is 0.903. The summed E-state index contributed by atoms with van der Waals surface area (Å²) >= 11 is 2.54. The summed E-state index contributed by atoms with van der Waals surface area (Å²) < 4.78 is 96.3. The molecule has 11 nitrogen and oxygen atoms in total. The quantitative estimate of drug-likeness (QED) is 0.0669. The van der Waals surface area contributed by atoms with E-state index in [-0.39, 0.29) is 42.9 Å². The van der Waals surface area contributed by atoms with Gasteiger partial charge in [0.2, 0.25) is 0 Å². The van der Waals surface area contributed by atoms with Gasteiger partial charge in [0.15, 0.2) is 0 Å². The zero-order chi connectivity index (χ0) is 49.4. The van der Waals surface area contributed by atoms with Gasteiger partial charge in [-0.05, 0) is 114 Å². The van der Waals surface area contributed by atoms with Gasteiger partial charge >= 0.3 is 24.3 Å². The van der Waals surface area contributed by atoms with Gasteiger partial charge in [0.1, 0.15) is 5.00 Å². The van der Waals surface area contributed by atoms with E-state index in [0.29, 0.717) is 63.8 Å². The van der Waals surface area contributed by atoms with Crippen molar-refractivity contribution in [2.24, 2.45) is 0 Å². The highest BCUT2D eigenvalue weighted by molar-refractivity contribution is 7.16. The minimum absolute atomic E-state index is 0.0695. The van der Waals surface area contributed by atoms with Gasteiger partial charge in [-0.2, -0.15) is 26.3 Å². The van der Waals surface area contributed by atoms with Crippen molar-refractivity contribution in [2.45, 2.75) is 77.3 Å². The highest BCUT2D eigenvalue weighted by Crippen LogP contribution is 2.42. The molecule has 69 heavy (non-hydrogen) atoms. The number of carbonyl (C=O) groups is 4. The Balaban J connectivity index is 1.06. The van der Waals surface area contributed by atoms with Crippen LogP contribution in [0.15, 0.2) is 84.9 Å². The maximum absolute atomic E-state index is 15.2. The second kappa shape index (κ2) is 19.8. The van der Waals surface area contributed by atoms with Crippen LogP contribution in [0.1, 0.15) is 127 Å². The van der Waals surface area contributed by atoms with Crippen LogP contribution in [0, 0.1) is 0 Å². The lowest BCUT2D eigenvalue weighted by Crippen LogP contribution is -2.28. The summed E-state index contributed by atoms with van der Waals surface area (Å²) in [5, 5.41) is 29.0. The lowest BCUT2D eigenvalue weighted by molar-refractivity contribution is -0.138. The summed E-state index contributed by atoms with van der Waals surface area (Å²) in [7, 11) is 0. The molecule has 2 aliphatic rings. The molecule has 0 aliphatic carbocycles. The van der Waals surface area contributed by atoms with Crippen molar-refractivity contribution in [1.82, 2.24) is 10.6 Å². The summed E-state index contributed by atoms with van der Waals surface area (Å²) in [6.07, 6.45) is -8.72. The van der Waals surface area contributed by atoms with Crippen LogP contribution in [0.3, 0.4) is 0 Å². The minimum Gasteiger partial charge on any atom is -0.478 e. The molecular weight excluding hydrogens is 949 g/mol. The number of alkyl halides is 6. The van der Waals surface area contributed by atoms with Gasteiger partial charge in [-0.3, -0.25) is 9.59 Å².